The number of phenolic OH excluding ortho intramolecular Hbond substituents is 1. The Morgan fingerprint density at radius 3 is 2.42 bits per heavy atom. The summed E-state index contributed by atoms with van der Waals surface area (Å²) in [4.78, 5) is 13.5. The van der Waals surface area contributed by atoms with Crippen LogP contribution in [0, 0.1) is 5.82 Å². The summed E-state index contributed by atoms with van der Waals surface area (Å²) in [6.07, 6.45) is 0. The third kappa shape index (κ3) is 3.10. The van der Waals surface area contributed by atoms with Crippen LogP contribution in [-0.2, 0) is 6.54 Å². The molecule has 98 valence electrons. The van der Waals surface area contributed by atoms with Crippen LogP contribution in [0.25, 0.3) is 0 Å². The molecule has 4 heteroatoms. The summed E-state index contributed by atoms with van der Waals surface area (Å²) < 4.78 is 13.5. The van der Waals surface area contributed by atoms with Crippen molar-refractivity contribution in [1.82, 2.24) is 4.90 Å². The number of carbonyl (C=O) groups excluding carboxylic acids is 1. The molecule has 1 amide bonds. The van der Waals surface area contributed by atoms with Crippen molar-refractivity contribution in [2.75, 3.05) is 7.05 Å². The molecule has 0 atom stereocenters. The van der Waals surface area contributed by atoms with E-state index in [-0.39, 0.29) is 17.2 Å². The van der Waals surface area contributed by atoms with Gasteiger partial charge in [0, 0.05) is 13.6 Å². The maximum absolute atomic E-state index is 13.5. The molecule has 1 N–H and O–H groups in total. The number of hydrogen-bond acceptors (Lipinski definition) is 2. The monoisotopic (exact) mass is 259 g/mol. The van der Waals surface area contributed by atoms with Gasteiger partial charge in [0.05, 0.1) is 5.56 Å². The van der Waals surface area contributed by atoms with E-state index >= 15 is 0 Å². The standard InChI is InChI=1S/C15H14FNO2/c1-17(10-11-6-8-12(18)9-7-11)15(19)13-4-2-3-5-14(13)16/h2-9,18H,10H2,1H3. The summed E-state index contributed by atoms with van der Waals surface area (Å²) in [6, 6.07) is 12.5. The Morgan fingerprint density at radius 1 is 1.16 bits per heavy atom. The second kappa shape index (κ2) is 5.52. The first-order valence-corrected chi connectivity index (χ1v) is 5.86. The van der Waals surface area contributed by atoms with Crippen LogP contribution in [0.1, 0.15) is 15.9 Å². The average Bonchev–Trinajstić information content (AvgIpc) is 2.41. The number of phenols is 1. The van der Waals surface area contributed by atoms with E-state index in [0.717, 1.165) is 5.56 Å². The number of hydrogen-bond donors (Lipinski definition) is 1. The third-order valence-electron chi connectivity index (χ3n) is 2.81. The van der Waals surface area contributed by atoms with Crippen LogP contribution < -0.4 is 0 Å². The molecule has 0 fully saturated rings. The summed E-state index contributed by atoms with van der Waals surface area (Å²) in [6.45, 7) is 0.355. The largest absolute Gasteiger partial charge is 0.508 e. The minimum atomic E-state index is -0.523. The third-order valence-corrected chi connectivity index (χ3v) is 2.81. The summed E-state index contributed by atoms with van der Waals surface area (Å²) in [5, 5.41) is 9.18. The van der Waals surface area contributed by atoms with E-state index in [0.29, 0.717) is 6.54 Å². The highest BCUT2D eigenvalue weighted by molar-refractivity contribution is 5.94. The molecule has 0 saturated carbocycles. The molecule has 0 unspecified atom stereocenters. The van der Waals surface area contributed by atoms with E-state index < -0.39 is 5.82 Å². The molecular weight excluding hydrogens is 245 g/mol. The molecular formula is C15H14FNO2. The van der Waals surface area contributed by atoms with Crippen LogP contribution in [0.3, 0.4) is 0 Å². The van der Waals surface area contributed by atoms with Gasteiger partial charge in [-0.1, -0.05) is 24.3 Å². The van der Waals surface area contributed by atoms with Gasteiger partial charge in [0.1, 0.15) is 11.6 Å². The Balaban J connectivity index is 2.12. The number of rotatable bonds is 3. The fraction of sp³-hybridized carbons (Fsp3) is 0.133. The van der Waals surface area contributed by atoms with Gasteiger partial charge in [-0.15, -0.1) is 0 Å². The molecule has 0 aliphatic rings. The lowest BCUT2D eigenvalue weighted by atomic mass is 10.1. The van der Waals surface area contributed by atoms with Crippen molar-refractivity contribution in [3.8, 4) is 5.75 Å². The average molecular weight is 259 g/mol. The van der Waals surface area contributed by atoms with Gasteiger partial charge >= 0.3 is 0 Å². The van der Waals surface area contributed by atoms with Gasteiger partial charge in [0.2, 0.25) is 0 Å². The van der Waals surface area contributed by atoms with Gasteiger partial charge in [-0.05, 0) is 29.8 Å². The highest BCUT2D eigenvalue weighted by Crippen LogP contribution is 2.14. The van der Waals surface area contributed by atoms with Gasteiger partial charge in [-0.2, -0.15) is 0 Å². The van der Waals surface area contributed by atoms with Gasteiger partial charge in [0.25, 0.3) is 5.91 Å². The van der Waals surface area contributed by atoms with Crippen LogP contribution in [0.4, 0.5) is 4.39 Å². The zero-order valence-electron chi connectivity index (χ0n) is 10.5. The SMILES string of the molecule is CN(Cc1ccc(O)cc1)C(=O)c1ccccc1F. The minimum Gasteiger partial charge on any atom is -0.508 e. The highest BCUT2D eigenvalue weighted by Gasteiger charge is 2.15. The number of amides is 1. The summed E-state index contributed by atoms with van der Waals surface area (Å²) in [7, 11) is 1.61. The predicted molar refractivity (Wildman–Crippen MR) is 70.3 cm³/mol. The second-order valence-corrected chi connectivity index (χ2v) is 4.31. The van der Waals surface area contributed by atoms with E-state index in [1.165, 1.54) is 17.0 Å². The zero-order chi connectivity index (χ0) is 13.8. The van der Waals surface area contributed by atoms with Crippen molar-refractivity contribution in [1.29, 1.82) is 0 Å². The van der Waals surface area contributed by atoms with Crippen LogP contribution in [0.15, 0.2) is 48.5 Å². The van der Waals surface area contributed by atoms with E-state index in [1.807, 2.05) is 0 Å². The number of benzene rings is 2. The number of aromatic hydroxyl groups is 1. The van der Waals surface area contributed by atoms with Crippen LogP contribution >= 0.6 is 0 Å². The number of carbonyl (C=O) groups is 1. The van der Waals surface area contributed by atoms with E-state index in [9.17, 15) is 14.3 Å². The number of halogens is 1. The molecule has 2 aromatic rings. The maximum atomic E-state index is 13.5. The first kappa shape index (κ1) is 13.1. The zero-order valence-corrected chi connectivity index (χ0v) is 10.5. The molecule has 0 heterocycles. The molecule has 2 rings (SSSR count). The summed E-state index contributed by atoms with van der Waals surface area (Å²) in [5.74, 6) is -0.719. The van der Waals surface area contributed by atoms with E-state index in [4.69, 9.17) is 0 Å². The summed E-state index contributed by atoms with van der Waals surface area (Å²) >= 11 is 0. The summed E-state index contributed by atoms with van der Waals surface area (Å²) in [5.41, 5.74) is 0.925. The van der Waals surface area contributed by atoms with E-state index in [1.54, 1.807) is 43.4 Å². The molecule has 0 bridgehead atoms. The van der Waals surface area contributed by atoms with Crippen molar-refractivity contribution in [3.05, 3.63) is 65.5 Å². The maximum Gasteiger partial charge on any atom is 0.256 e. The first-order chi connectivity index (χ1) is 9.08. The van der Waals surface area contributed by atoms with Crippen molar-refractivity contribution in [3.63, 3.8) is 0 Å². The topological polar surface area (TPSA) is 40.5 Å². The second-order valence-electron chi connectivity index (χ2n) is 4.31. The van der Waals surface area contributed by atoms with Gasteiger partial charge in [-0.3, -0.25) is 4.79 Å². The fourth-order valence-corrected chi connectivity index (χ4v) is 1.79. The van der Waals surface area contributed by atoms with Crippen molar-refractivity contribution in [2.24, 2.45) is 0 Å². The van der Waals surface area contributed by atoms with E-state index in [2.05, 4.69) is 0 Å². The van der Waals surface area contributed by atoms with Crippen LogP contribution in [0.2, 0.25) is 0 Å². The van der Waals surface area contributed by atoms with Crippen molar-refractivity contribution < 1.29 is 14.3 Å². The molecule has 0 saturated heterocycles. The Bertz CT molecular complexity index is 581. The highest BCUT2D eigenvalue weighted by atomic mass is 19.1. The normalized spacial score (nSPS) is 10.2. The molecule has 19 heavy (non-hydrogen) atoms. The Morgan fingerprint density at radius 2 is 1.79 bits per heavy atom. The quantitative estimate of drug-likeness (QED) is 0.920. The fourth-order valence-electron chi connectivity index (χ4n) is 1.79. The van der Waals surface area contributed by atoms with Crippen LogP contribution in [0.5, 0.6) is 5.75 Å². The number of nitrogens with zero attached hydrogens (tertiary/aromatic N) is 1. The van der Waals surface area contributed by atoms with Gasteiger partial charge in [0.15, 0.2) is 0 Å². The first-order valence-electron chi connectivity index (χ1n) is 5.86. The lowest BCUT2D eigenvalue weighted by Gasteiger charge is -2.17. The molecule has 0 aromatic heterocycles. The minimum absolute atomic E-state index is 0.0591. The Labute approximate surface area is 110 Å². The van der Waals surface area contributed by atoms with Gasteiger partial charge in [-0.25, -0.2) is 4.39 Å². The molecule has 2 aromatic carbocycles. The molecule has 0 spiro atoms. The lowest BCUT2D eigenvalue weighted by molar-refractivity contribution is 0.0780. The molecule has 0 radical (unpaired) electrons. The lowest BCUT2D eigenvalue weighted by Crippen LogP contribution is -2.26. The molecule has 3 nitrogen and oxygen atoms in total. The van der Waals surface area contributed by atoms with Gasteiger partial charge < -0.3 is 10.0 Å². The predicted octanol–water partition coefficient (Wildman–Crippen LogP) is 2.80. The Hall–Kier alpha value is -2.36. The van der Waals surface area contributed by atoms with Crippen molar-refractivity contribution in [2.45, 2.75) is 6.54 Å². The molecule has 0 aliphatic heterocycles. The molecule has 0 aliphatic carbocycles. The van der Waals surface area contributed by atoms with Crippen LogP contribution in [-0.4, -0.2) is 23.0 Å². The smallest absolute Gasteiger partial charge is 0.256 e. The Kier molecular flexibility index (Phi) is 3.80. The van der Waals surface area contributed by atoms with Crippen molar-refractivity contribution >= 4 is 5.91 Å².